The standard InChI is InChI=1S/C16H24BrFN2/c1-3-8-20-9-4-5-13(11-19-2)16(20)12-6-7-14(17)15(18)10-12/h6-7,10,13,16,19H,3-5,8-9,11H2,1-2H3. The summed E-state index contributed by atoms with van der Waals surface area (Å²) in [5.74, 6) is 0.397. The van der Waals surface area contributed by atoms with Crippen molar-refractivity contribution >= 4 is 15.9 Å². The van der Waals surface area contributed by atoms with Crippen molar-refractivity contribution in [2.45, 2.75) is 32.2 Å². The van der Waals surface area contributed by atoms with E-state index in [0.717, 1.165) is 31.6 Å². The normalized spacial score (nSPS) is 24.0. The largest absolute Gasteiger partial charge is 0.319 e. The predicted molar refractivity (Wildman–Crippen MR) is 85.4 cm³/mol. The molecule has 0 radical (unpaired) electrons. The molecule has 1 aromatic rings. The summed E-state index contributed by atoms with van der Waals surface area (Å²) in [4.78, 5) is 2.52. The number of likely N-dealkylation sites (tertiary alicyclic amines) is 1. The first-order chi connectivity index (χ1) is 9.67. The van der Waals surface area contributed by atoms with E-state index < -0.39 is 0 Å². The van der Waals surface area contributed by atoms with Gasteiger partial charge in [-0.1, -0.05) is 13.0 Å². The van der Waals surface area contributed by atoms with Gasteiger partial charge in [0.15, 0.2) is 0 Å². The quantitative estimate of drug-likeness (QED) is 0.870. The summed E-state index contributed by atoms with van der Waals surface area (Å²) in [5.41, 5.74) is 1.11. The Kier molecular flexibility index (Phi) is 6.00. The lowest BCUT2D eigenvalue weighted by molar-refractivity contribution is 0.0922. The van der Waals surface area contributed by atoms with Crippen LogP contribution in [0.3, 0.4) is 0 Å². The Hall–Kier alpha value is -0.450. The number of nitrogens with one attached hydrogen (secondary N) is 1. The molecular formula is C16H24BrFN2. The van der Waals surface area contributed by atoms with Crippen molar-refractivity contribution in [3.8, 4) is 0 Å². The summed E-state index contributed by atoms with van der Waals surface area (Å²) in [7, 11) is 2.00. The molecule has 1 aliphatic rings. The van der Waals surface area contributed by atoms with Crippen molar-refractivity contribution in [1.29, 1.82) is 0 Å². The van der Waals surface area contributed by atoms with Crippen LogP contribution in [0.5, 0.6) is 0 Å². The third-order valence-corrected chi connectivity index (χ3v) is 4.77. The van der Waals surface area contributed by atoms with Gasteiger partial charge in [0, 0.05) is 6.04 Å². The smallest absolute Gasteiger partial charge is 0.137 e. The van der Waals surface area contributed by atoms with Gasteiger partial charge >= 0.3 is 0 Å². The zero-order valence-corrected chi connectivity index (χ0v) is 13.9. The van der Waals surface area contributed by atoms with Crippen LogP contribution in [0.2, 0.25) is 0 Å². The van der Waals surface area contributed by atoms with Crippen LogP contribution < -0.4 is 5.32 Å². The van der Waals surface area contributed by atoms with Crippen LogP contribution in [0.25, 0.3) is 0 Å². The molecule has 1 N–H and O–H groups in total. The Morgan fingerprint density at radius 2 is 2.25 bits per heavy atom. The van der Waals surface area contributed by atoms with Gasteiger partial charge in [-0.15, -0.1) is 0 Å². The van der Waals surface area contributed by atoms with Gasteiger partial charge < -0.3 is 5.32 Å². The first-order valence-electron chi connectivity index (χ1n) is 7.51. The summed E-state index contributed by atoms with van der Waals surface area (Å²) in [6.07, 6.45) is 3.59. The van der Waals surface area contributed by atoms with Crippen LogP contribution in [0, 0.1) is 11.7 Å². The van der Waals surface area contributed by atoms with Crippen LogP contribution >= 0.6 is 15.9 Å². The van der Waals surface area contributed by atoms with Crippen molar-refractivity contribution in [3.05, 3.63) is 34.1 Å². The second-order valence-corrected chi connectivity index (χ2v) is 6.47. The molecule has 20 heavy (non-hydrogen) atoms. The van der Waals surface area contributed by atoms with E-state index >= 15 is 0 Å². The van der Waals surface area contributed by atoms with Crippen LogP contribution in [0.1, 0.15) is 37.8 Å². The van der Waals surface area contributed by atoms with Gasteiger partial charge in [0.1, 0.15) is 5.82 Å². The van der Waals surface area contributed by atoms with E-state index in [1.165, 1.54) is 12.8 Å². The van der Waals surface area contributed by atoms with Gasteiger partial charge in [-0.3, -0.25) is 4.90 Å². The summed E-state index contributed by atoms with van der Waals surface area (Å²) >= 11 is 3.24. The lowest BCUT2D eigenvalue weighted by Gasteiger charge is -2.42. The van der Waals surface area contributed by atoms with E-state index in [9.17, 15) is 4.39 Å². The Morgan fingerprint density at radius 1 is 1.45 bits per heavy atom. The highest BCUT2D eigenvalue weighted by atomic mass is 79.9. The van der Waals surface area contributed by atoms with E-state index in [2.05, 4.69) is 39.1 Å². The van der Waals surface area contributed by atoms with E-state index in [0.29, 0.717) is 16.4 Å². The maximum Gasteiger partial charge on any atom is 0.137 e. The van der Waals surface area contributed by atoms with Gasteiger partial charge in [0.25, 0.3) is 0 Å². The fourth-order valence-corrected chi connectivity index (χ4v) is 3.59. The summed E-state index contributed by atoms with van der Waals surface area (Å²) in [6, 6.07) is 5.93. The molecule has 0 bridgehead atoms. The zero-order chi connectivity index (χ0) is 14.5. The molecule has 2 nitrogen and oxygen atoms in total. The Labute approximate surface area is 129 Å². The number of halogens is 2. The topological polar surface area (TPSA) is 15.3 Å². The lowest BCUT2D eigenvalue weighted by atomic mass is 9.84. The maximum absolute atomic E-state index is 13.9. The van der Waals surface area contributed by atoms with Crippen LogP contribution in [0.4, 0.5) is 4.39 Å². The molecule has 1 aromatic carbocycles. The molecule has 0 aliphatic carbocycles. The van der Waals surface area contributed by atoms with Crippen molar-refractivity contribution in [1.82, 2.24) is 10.2 Å². The average molecular weight is 343 g/mol. The van der Waals surface area contributed by atoms with Gasteiger partial charge in [-0.25, -0.2) is 4.39 Å². The molecule has 1 heterocycles. The second kappa shape index (κ2) is 7.53. The Morgan fingerprint density at radius 3 is 2.90 bits per heavy atom. The number of benzene rings is 1. The van der Waals surface area contributed by atoms with Gasteiger partial charge in [0.05, 0.1) is 4.47 Å². The number of nitrogens with zero attached hydrogens (tertiary/aromatic N) is 1. The monoisotopic (exact) mass is 342 g/mol. The van der Waals surface area contributed by atoms with Gasteiger partial charge in [-0.05, 0) is 85.5 Å². The molecule has 112 valence electrons. The van der Waals surface area contributed by atoms with Crippen molar-refractivity contribution < 1.29 is 4.39 Å². The highest BCUT2D eigenvalue weighted by Crippen LogP contribution is 2.36. The molecule has 1 saturated heterocycles. The summed E-state index contributed by atoms with van der Waals surface area (Å²) in [5, 5.41) is 3.30. The summed E-state index contributed by atoms with van der Waals surface area (Å²) in [6.45, 7) is 5.41. The van der Waals surface area contributed by atoms with E-state index in [1.807, 2.05) is 13.1 Å². The molecule has 0 spiro atoms. The third-order valence-electron chi connectivity index (χ3n) is 4.12. The minimum absolute atomic E-state index is 0.160. The van der Waals surface area contributed by atoms with E-state index in [1.54, 1.807) is 6.07 Å². The Bertz CT molecular complexity index is 420. The number of hydrogen-bond donors (Lipinski definition) is 1. The molecule has 0 aromatic heterocycles. The number of piperidine rings is 1. The number of rotatable bonds is 5. The molecule has 2 unspecified atom stereocenters. The molecule has 1 fully saturated rings. The molecule has 0 amide bonds. The fraction of sp³-hybridized carbons (Fsp3) is 0.625. The van der Waals surface area contributed by atoms with Gasteiger partial charge in [-0.2, -0.15) is 0 Å². The molecule has 0 saturated carbocycles. The first-order valence-corrected chi connectivity index (χ1v) is 8.30. The molecule has 2 rings (SSSR count). The molecule has 4 heteroatoms. The van der Waals surface area contributed by atoms with Crippen molar-refractivity contribution in [3.63, 3.8) is 0 Å². The predicted octanol–water partition coefficient (Wildman–Crippen LogP) is 3.97. The SMILES string of the molecule is CCCN1CCCC(CNC)C1c1ccc(Br)c(F)c1. The second-order valence-electron chi connectivity index (χ2n) is 5.61. The number of hydrogen-bond acceptors (Lipinski definition) is 2. The van der Waals surface area contributed by atoms with Crippen molar-refractivity contribution in [2.24, 2.45) is 5.92 Å². The van der Waals surface area contributed by atoms with E-state index in [4.69, 9.17) is 0 Å². The highest BCUT2D eigenvalue weighted by molar-refractivity contribution is 9.10. The summed E-state index contributed by atoms with van der Waals surface area (Å²) < 4.78 is 14.4. The lowest BCUT2D eigenvalue weighted by Crippen LogP contribution is -2.42. The van der Waals surface area contributed by atoms with Crippen LogP contribution in [0.15, 0.2) is 22.7 Å². The third kappa shape index (κ3) is 3.60. The minimum atomic E-state index is -0.160. The van der Waals surface area contributed by atoms with E-state index in [-0.39, 0.29) is 5.82 Å². The van der Waals surface area contributed by atoms with Crippen molar-refractivity contribution in [2.75, 3.05) is 26.7 Å². The minimum Gasteiger partial charge on any atom is -0.319 e. The molecular weight excluding hydrogens is 319 g/mol. The Balaban J connectivity index is 2.29. The van der Waals surface area contributed by atoms with Gasteiger partial charge in [0.2, 0.25) is 0 Å². The molecule has 2 atom stereocenters. The van der Waals surface area contributed by atoms with Crippen LogP contribution in [-0.4, -0.2) is 31.6 Å². The average Bonchev–Trinajstić information content (AvgIpc) is 2.43. The fourth-order valence-electron chi connectivity index (χ4n) is 3.34. The molecule has 1 aliphatic heterocycles. The first kappa shape index (κ1) is 15.9. The maximum atomic E-state index is 13.9. The highest BCUT2D eigenvalue weighted by Gasteiger charge is 2.31. The zero-order valence-electron chi connectivity index (χ0n) is 12.3. The van der Waals surface area contributed by atoms with Crippen LogP contribution in [-0.2, 0) is 0 Å².